The van der Waals surface area contributed by atoms with Crippen LogP contribution in [-0.4, -0.2) is 20.4 Å². The lowest BCUT2D eigenvalue weighted by molar-refractivity contribution is -0.138. The molecule has 1 N–H and O–H groups in total. The highest BCUT2D eigenvalue weighted by atomic mass is 19.4. The predicted octanol–water partition coefficient (Wildman–Crippen LogP) is 5.87. The molecule has 0 bridgehead atoms. The van der Waals surface area contributed by atoms with Crippen molar-refractivity contribution in [1.29, 1.82) is 0 Å². The molecule has 0 unspecified atom stereocenters. The highest BCUT2D eigenvalue weighted by Gasteiger charge is 2.34. The summed E-state index contributed by atoms with van der Waals surface area (Å²) >= 11 is 0. The van der Waals surface area contributed by atoms with Crippen molar-refractivity contribution in [3.63, 3.8) is 0 Å². The van der Waals surface area contributed by atoms with Crippen molar-refractivity contribution in [2.45, 2.75) is 12.4 Å². The Labute approximate surface area is 170 Å². The molecule has 0 fully saturated rings. The molecule has 4 aromatic rings. The van der Waals surface area contributed by atoms with Crippen LogP contribution in [0.4, 0.5) is 37.8 Å². The van der Waals surface area contributed by atoms with Crippen LogP contribution in [0.15, 0.2) is 60.9 Å². The van der Waals surface area contributed by atoms with E-state index in [2.05, 4.69) is 25.7 Å². The second-order valence-corrected chi connectivity index (χ2v) is 6.49. The number of hydrogen-bond donors (Lipinski definition) is 1. The molecule has 0 saturated carbocycles. The van der Waals surface area contributed by atoms with Crippen molar-refractivity contribution in [2.24, 2.45) is 0 Å². The molecule has 4 rings (SSSR count). The summed E-state index contributed by atoms with van der Waals surface area (Å²) in [6.45, 7) is 0. The Morgan fingerprint density at radius 2 is 1.48 bits per heavy atom. The number of rotatable bonds is 3. The van der Waals surface area contributed by atoms with E-state index in [-0.39, 0.29) is 17.1 Å². The van der Waals surface area contributed by atoms with Crippen LogP contribution in [0, 0.1) is 0 Å². The molecular weight excluding hydrogens is 424 g/mol. The van der Waals surface area contributed by atoms with Crippen LogP contribution >= 0.6 is 0 Å². The molecule has 2 aromatic carbocycles. The summed E-state index contributed by atoms with van der Waals surface area (Å²) in [6, 6.07) is 9.59. The molecule has 11 heteroatoms. The normalized spacial score (nSPS) is 12.2. The minimum Gasteiger partial charge on any atom is -0.338 e. The molecule has 31 heavy (non-hydrogen) atoms. The molecule has 0 spiro atoms. The van der Waals surface area contributed by atoms with E-state index in [9.17, 15) is 26.3 Å². The van der Waals surface area contributed by atoms with Gasteiger partial charge in [0.05, 0.1) is 23.5 Å². The van der Waals surface area contributed by atoms with Crippen molar-refractivity contribution in [2.75, 3.05) is 5.32 Å². The van der Waals surface area contributed by atoms with Crippen molar-refractivity contribution < 1.29 is 26.3 Å². The fraction of sp³-hybridized carbons (Fsp3) is 0.100. The number of anilines is 2. The van der Waals surface area contributed by atoms with Crippen LogP contribution in [0.25, 0.3) is 22.0 Å². The molecule has 0 amide bonds. The maximum atomic E-state index is 13.3. The Balaban J connectivity index is 1.70. The smallest absolute Gasteiger partial charge is 0.338 e. The van der Waals surface area contributed by atoms with Gasteiger partial charge in [0, 0.05) is 22.0 Å². The van der Waals surface area contributed by atoms with Gasteiger partial charge in [-0.05, 0) is 42.5 Å². The van der Waals surface area contributed by atoms with E-state index in [0.29, 0.717) is 16.5 Å². The number of nitrogens with one attached hydrogen (secondary N) is 1. The first-order valence-corrected chi connectivity index (χ1v) is 8.72. The first-order valence-electron chi connectivity index (χ1n) is 8.72. The number of nitrogens with zero attached hydrogens (tertiary/aromatic N) is 4. The number of halogens is 6. The number of hydrogen-bond acceptors (Lipinski definition) is 5. The Kier molecular flexibility index (Phi) is 4.96. The van der Waals surface area contributed by atoms with E-state index < -0.39 is 23.5 Å². The van der Waals surface area contributed by atoms with E-state index in [1.807, 2.05) is 0 Å². The van der Waals surface area contributed by atoms with Crippen LogP contribution in [0.5, 0.6) is 0 Å². The van der Waals surface area contributed by atoms with Crippen molar-refractivity contribution in [3.8, 4) is 11.3 Å². The van der Waals surface area contributed by atoms with E-state index in [4.69, 9.17) is 0 Å². The Hall–Kier alpha value is -3.76. The van der Waals surface area contributed by atoms with E-state index in [0.717, 1.165) is 24.4 Å². The zero-order valence-corrected chi connectivity index (χ0v) is 15.3. The third kappa shape index (κ3) is 4.25. The molecule has 0 aliphatic heterocycles. The zero-order chi connectivity index (χ0) is 22.2. The first-order chi connectivity index (χ1) is 14.6. The standard InChI is InChI=1S/C20H11F6N5/c21-19(22,23)13-2-4-14(5-3-13)29-18-15-6-1-11(9-12(15)10-28-31-18)17-16(20(24,25)26)7-8-27-30-17/h1-10H,(H,29,31). The van der Waals surface area contributed by atoms with Gasteiger partial charge in [-0.1, -0.05) is 6.07 Å². The van der Waals surface area contributed by atoms with Gasteiger partial charge in [-0.2, -0.15) is 36.5 Å². The van der Waals surface area contributed by atoms with Gasteiger partial charge in [0.15, 0.2) is 5.82 Å². The van der Waals surface area contributed by atoms with E-state index >= 15 is 0 Å². The van der Waals surface area contributed by atoms with Gasteiger partial charge in [-0.3, -0.25) is 0 Å². The third-order valence-corrected chi connectivity index (χ3v) is 4.44. The SMILES string of the molecule is FC(F)(F)c1ccc(Nc2nncc3cc(-c4nnccc4C(F)(F)F)ccc23)cc1. The summed E-state index contributed by atoms with van der Waals surface area (Å²) in [4.78, 5) is 0. The summed E-state index contributed by atoms with van der Waals surface area (Å²) < 4.78 is 78.0. The van der Waals surface area contributed by atoms with Gasteiger partial charge in [0.25, 0.3) is 0 Å². The van der Waals surface area contributed by atoms with Gasteiger partial charge in [0.1, 0.15) is 5.69 Å². The number of benzene rings is 2. The number of alkyl halides is 6. The van der Waals surface area contributed by atoms with Crippen molar-refractivity contribution in [3.05, 3.63) is 72.1 Å². The zero-order valence-electron chi connectivity index (χ0n) is 15.3. The van der Waals surface area contributed by atoms with Crippen LogP contribution in [-0.2, 0) is 12.4 Å². The second-order valence-electron chi connectivity index (χ2n) is 6.49. The quantitative estimate of drug-likeness (QED) is 0.408. The molecule has 2 aromatic heterocycles. The van der Waals surface area contributed by atoms with Crippen LogP contribution in [0.1, 0.15) is 11.1 Å². The molecule has 0 radical (unpaired) electrons. The lowest BCUT2D eigenvalue weighted by atomic mass is 10.0. The summed E-state index contributed by atoms with van der Waals surface area (Å²) in [5.41, 5.74) is -1.53. The van der Waals surface area contributed by atoms with Crippen molar-refractivity contribution >= 4 is 22.3 Å². The summed E-state index contributed by atoms with van der Waals surface area (Å²) in [5.74, 6) is 0.235. The third-order valence-electron chi connectivity index (χ3n) is 4.44. The lowest BCUT2D eigenvalue weighted by Gasteiger charge is -2.13. The van der Waals surface area contributed by atoms with Crippen LogP contribution in [0.3, 0.4) is 0 Å². The maximum absolute atomic E-state index is 13.3. The highest BCUT2D eigenvalue weighted by molar-refractivity contribution is 5.95. The molecule has 0 saturated heterocycles. The maximum Gasteiger partial charge on any atom is 0.418 e. The lowest BCUT2D eigenvalue weighted by Crippen LogP contribution is -2.09. The minimum atomic E-state index is -4.61. The predicted molar refractivity (Wildman–Crippen MR) is 100 cm³/mol. The number of aromatic nitrogens is 4. The molecular formula is C20H11F6N5. The fourth-order valence-electron chi connectivity index (χ4n) is 2.98. The van der Waals surface area contributed by atoms with Crippen LogP contribution < -0.4 is 5.32 Å². The summed E-state index contributed by atoms with van der Waals surface area (Å²) in [6.07, 6.45) is -6.73. The Morgan fingerprint density at radius 1 is 0.742 bits per heavy atom. The molecule has 158 valence electrons. The van der Waals surface area contributed by atoms with Gasteiger partial charge in [0.2, 0.25) is 0 Å². The molecule has 0 atom stereocenters. The second kappa shape index (κ2) is 7.49. The molecule has 2 heterocycles. The minimum absolute atomic E-state index is 0.182. The van der Waals surface area contributed by atoms with E-state index in [1.54, 1.807) is 0 Å². The van der Waals surface area contributed by atoms with Crippen LogP contribution in [0.2, 0.25) is 0 Å². The van der Waals surface area contributed by atoms with E-state index in [1.165, 1.54) is 36.5 Å². The van der Waals surface area contributed by atoms with Gasteiger partial charge < -0.3 is 5.32 Å². The molecule has 0 aliphatic carbocycles. The highest BCUT2D eigenvalue weighted by Crippen LogP contribution is 2.37. The monoisotopic (exact) mass is 435 g/mol. The topological polar surface area (TPSA) is 63.6 Å². The van der Waals surface area contributed by atoms with Gasteiger partial charge in [-0.25, -0.2) is 0 Å². The number of fused-ring (bicyclic) bond motifs is 1. The molecule has 0 aliphatic rings. The molecule has 5 nitrogen and oxygen atoms in total. The Bertz CT molecular complexity index is 1240. The average molecular weight is 435 g/mol. The van der Waals surface area contributed by atoms with Gasteiger partial charge >= 0.3 is 12.4 Å². The van der Waals surface area contributed by atoms with Crippen molar-refractivity contribution in [1.82, 2.24) is 20.4 Å². The summed E-state index contributed by atoms with van der Waals surface area (Å²) in [7, 11) is 0. The fourth-order valence-corrected chi connectivity index (χ4v) is 2.98. The first kappa shape index (κ1) is 20.5. The largest absolute Gasteiger partial charge is 0.418 e. The van der Waals surface area contributed by atoms with Gasteiger partial charge in [-0.15, -0.1) is 10.2 Å². The summed E-state index contributed by atoms with van der Waals surface area (Å²) in [5, 5.41) is 18.8. The Morgan fingerprint density at radius 3 is 2.16 bits per heavy atom. The average Bonchev–Trinajstić information content (AvgIpc) is 2.73.